The molecule has 116 valence electrons. The van der Waals surface area contributed by atoms with Gasteiger partial charge in [-0.05, 0) is 37.8 Å². The second-order valence-corrected chi connectivity index (χ2v) is 5.54. The molecule has 0 radical (unpaired) electrons. The molecule has 1 fully saturated rings. The van der Waals surface area contributed by atoms with E-state index >= 15 is 0 Å². The van der Waals surface area contributed by atoms with Crippen molar-refractivity contribution in [3.8, 4) is 0 Å². The SMILES string of the molecule is CCCc1cc(C(=O)N(CCO)C2CCC2)cc(NC)n1. The Balaban J connectivity index is 2.24. The van der Waals surface area contributed by atoms with Crippen molar-refractivity contribution in [3.05, 3.63) is 23.4 Å². The maximum Gasteiger partial charge on any atom is 0.254 e. The first kappa shape index (κ1) is 15.8. The van der Waals surface area contributed by atoms with E-state index < -0.39 is 0 Å². The van der Waals surface area contributed by atoms with Crippen LogP contribution in [0.2, 0.25) is 0 Å². The highest BCUT2D eigenvalue weighted by Crippen LogP contribution is 2.26. The van der Waals surface area contributed by atoms with E-state index in [2.05, 4.69) is 17.2 Å². The van der Waals surface area contributed by atoms with Gasteiger partial charge in [-0.2, -0.15) is 0 Å². The molecule has 5 heteroatoms. The van der Waals surface area contributed by atoms with Crippen LogP contribution in [0.1, 0.15) is 48.7 Å². The number of hydrogen-bond donors (Lipinski definition) is 2. The van der Waals surface area contributed by atoms with Gasteiger partial charge >= 0.3 is 0 Å². The van der Waals surface area contributed by atoms with E-state index in [1.807, 2.05) is 18.0 Å². The number of aliphatic hydroxyl groups excluding tert-OH is 1. The first-order chi connectivity index (χ1) is 10.2. The summed E-state index contributed by atoms with van der Waals surface area (Å²) in [6, 6.07) is 3.96. The normalized spacial score (nSPS) is 14.6. The fourth-order valence-corrected chi connectivity index (χ4v) is 2.65. The lowest BCUT2D eigenvalue weighted by Crippen LogP contribution is -2.45. The Hall–Kier alpha value is -1.62. The Bertz CT molecular complexity index is 486. The maximum absolute atomic E-state index is 12.8. The van der Waals surface area contributed by atoms with Crippen LogP contribution in [0, 0.1) is 0 Å². The molecule has 0 saturated heterocycles. The Labute approximate surface area is 126 Å². The lowest BCUT2D eigenvalue weighted by molar-refractivity contribution is 0.0525. The minimum atomic E-state index is 0.00463. The molecule has 0 aliphatic heterocycles. The molecule has 1 aromatic rings. The Kier molecular flexibility index (Phi) is 5.56. The second kappa shape index (κ2) is 7.41. The zero-order chi connectivity index (χ0) is 15.2. The number of carbonyl (C=O) groups is 1. The van der Waals surface area contributed by atoms with E-state index in [9.17, 15) is 9.90 Å². The van der Waals surface area contributed by atoms with E-state index in [4.69, 9.17) is 0 Å². The number of nitrogens with one attached hydrogen (secondary N) is 1. The molecule has 1 aliphatic rings. The predicted molar refractivity (Wildman–Crippen MR) is 83.5 cm³/mol. The molecule has 0 aromatic carbocycles. The Morgan fingerprint density at radius 1 is 1.48 bits per heavy atom. The summed E-state index contributed by atoms with van der Waals surface area (Å²) in [5.41, 5.74) is 1.60. The van der Waals surface area contributed by atoms with E-state index in [1.54, 1.807) is 6.07 Å². The molecule has 2 rings (SSSR count). The quantitative estimate of drug-likeness (QED) is 0.807. The zero-order valence-electron chi connectivity index (χ0n) is 12.9. The fourth-order valence-electron chi connectivity index (χ4n) is 2.65. The molecule has 0 atom stereocenters. The summed E-state index contributed by atoms with van der Waals surface area (Å²) < 4.78 is 0. The fraction of sp³-hybridized carbons (Fsp3) is 0.625. The standard InChI is InChI=1S/C16H25N3O2/c1-3-5-13-10-12(11-15(17-2)18-13)16(21)19(8-9-20)14-6-4-7-14/h10-11,14,20H,3-9H2,1-2H3,(H,17,18). The summed E-state index contributed by atoms with van der Waals surface area (Å²) in [4.78, 5) is 19.0. The first-order valence-corrected chi connectivity index (χ1v) is 7.80. The molecule has 1 aromatic heterocycles. The molecule has 0 bridgehead atoms. The molecular weight excluding hydrogens is 266 g/mol. The van der Waals surface area contributed by atoms with E-state index in [0.29, 0.717) is 12.1 Å². The van der Waals surface area contributed by atoms with Crippen molar-refractivity contribution in [1.29, 1.82) is 0 Å². The highest BCUT2D eigenvalue weighted by atomic mass is 16.3. The number of pyridine rings is 1. The Morgan fingerprint density at radius 3 is 2.76 bits per heavy atom. The van der Waals surface area contributed by atoms with Crippen LogP contribution in [0.25, 0.3) is 0 Å². The minimum absolute atomic E-state index is 0.00463. The molecule has 2 N–H and O–H groups in total. The van der Waals surface area contributed by atoms with Crippen molar-refractivity contribution in [1.82, 2.24) is 9.88 Å². The third kappa shape index (κ3) is 3.73. The first-order valence-electron chi connectivity index (χ1n) is 7.80. The van der Waals surface area contributed by atoms with Crippen LogP contribution in [0.15, 0.2) is 12.1 Å². The van der Waals surface area contributed by atoms with Crippen LogP contribution < -0.4 is 5.32 Å². The third-order valence-corrected chi connectivity index (χ3v) is 4.00. The van der Waals surface area contributed by atoms with Gasteiger partial charge in [0.05, 0.1) is 6.61 Å². The molecule has 5 nitrogen and oxygen atoms in total. The topological polar surface area (TPSA) is 65.5 Å². The Morgan fingerprint density at radius 2 is 2.24 bits per heavy atom. The van der Waals surface area contributed by atoms with Crippen molar-refractivity contribution in [2.75, 3.05) is 25.5 Å². The number of hydrogen-bond acceptors (Lipinski definition) is 4. The van der Waals surface area contributed by atoms with Crippen molar-refractivity contribution < 1.29 is 9.90 Å². The molecule has 1 amide bonds. The van der Waals surface area contributed by atoms with Crippen LogP contribution in [0.5, 0.6) is 0 Å². The van der Waals surface area contributed by atoms with E-state index in [1.165, 1.54) is 6.42 Å². The summed E-state index contributed by atoms with van der Waals surface area (Å²) in [5, 5.41) is 12.2. The molecule has 0 unspecified atom stereocenters. The van der Waals surface area contributed by atoms with Gasteiger partial charge in [0.15, 0.2) is 0 Å². The molecule has 0 spiro atoms. The monoisotopic (exact) mass is 291 g/mol. The average Bonchev–Trinajstić information content (AvgIpc) is 2.44. The second-order valence-electron chi connectivity index (χ2n) is 5.54. The third-order valence-electron chi connectivity index (χ3n) is 4.00. The van der Waals surface area contributed by atoms with Gasteiger partial charge in [0.25, 0.3) is 5.91 Å². The van der Waals surface area contributed by atoms with Gasteiger partial charge in [0, 0.05) is 30.9 Å². The van der Waals surface area contributed by atoms with Gasteiger partial charge in [-0.25, -0.2) is 4.98 Å². The van der Waals surface area contributed by atoms with Gasteiger partial charge in [-0.15, -0.1) is 0 Å². The average molecular weight is 291 g/mol. The van der Waals surface area contributed by atoms with Gasteiger partial charge < -0.3 is 15.3 Å². The highest BCUT2D eigenvalue weighted by molar-refractivity contribution is 5.95. The minimum Gasteiger partial charge on any atom is -0.395 e. The summed E-state index contributed by atoms with van der Waals surface area (Å²) >= 11 is 0. The number of aromatic nitrogens is 1. The van der Waals surface area contributed by atoms with Gasteiger partial charge in [0.2, 0.25) is 0 Å². The molecule has 1 saturated carbocycles. The van der Waals surface area contributed by atoms with E-state index in [-0.39, 0.29) is 18.6 Å². The molecule has 1 heterocycles. The highest BCUT2D eigenvalue weighted by Gasteiger charge is 2.29. The smallest absolute Gasteiger partial charge is 0.254 e. The lowest BCUT2D eigenvalue weighted by Gasteiger charge is -2.37. The number of aliphatic hydroxyl groups is 1. The van der Waals surface area contributed by atoms with Crippen molar-refractivity contribution in [3.63, 3.8) is 0 Å². The number of amides is 1. The maximum atomic E-state index is 12.8. The number of rotatable bonds is 7. The molecule has 21 heavy (non-hydrogen) atoms. The molecular formula is C16H25N3O2. The van der Waals surface area contributed by atoms with Crippen molar-refractivity contribution in [2.24, 2.45) is 0 Å². The van der Waals surface area contributed by atoms with Gasteiger partial charge in [-0.3, -0.25) is 4.79 Å². The van der Waals surface area contributed by atoms with Crippen molar-refractivity contribution >= 4 is 11.7 Å². The summed E-state index contributed by atoms with van der Waals surface area (Å²) in [5.74, 6) is 0.729. The van der Waals surface area contributed by atoms with E-state index in [0.717, 1.165) is 37.2 Å². The number of aryl methyl sites for hydroxylation is 1. The van der Waals surface area contributed by atoms with Crippen LogP contribution >= 0.6 is 0 Å². The van der Waals surface area contributed by atoms with Crippen LogP contribution in [-0.2, 0) is 6.42 Å². The predicted octanol–water partition coefficient (Wildman–Crippen LogP) is 2.06. The van der Waals surface area contributed by atoms with Crippen LogP contribution in [-0.4, -0.2) is 47.1 Å². The lowest BCUT2D eigenvalue weighted by atomic mass is 9.91. The number of carbonyl (C=O) groups excluding carboxylic acids is 1. The zero-order valence-corrected chi connectivity index (χ0v) is 12.9. The summed E-state index contributed by atoms with van der Waals surface area (Å²) in [6.07, 6.45) is 5.10. The van der Waals surface area contributed by atoms with Gasteiger partial charge in [-0.1, -0.05) is 13.3 Å². The van der Waals surface area contributed by atoms with Gasteiger partial charge in [0.1, 0.15) is 5.82 Å². The van der Waals surface area contributed by atoms with Crippen LogP contribution in [0.4, 0.5) is 5.82 Å². The largest absolute Gasteiger partial charge is 0.395 e. The summed E-state index contributed by atoms with van der Waals surface area (Å²) in [6.45, 7) is 2.51. The van der Waals surface area contributed by atoms with Crippen LogP contribution in [0.3, 0.4) is 0 Å². The van der Waals surface area contributed by atoms with Crippen molar-refractivity contribution in [2.45, 2.75) is 45.1 Å². The summed E-state index contributed by atoms with van der Waals surface area (Å²) in [7, 11) is 1.81. The molecule has 1 aliphatic carbocycles. The number of anilines is 1. The number of nitrogens with zero attached hydrogens (tertiary/aromatic N) is 2.